The molecule has 1 aromatic carbocycles. The third-order valence-electron chi connectivity index (χ3n) is 2.75. The Morgan fingerprint density at radius 3 is 3.00 bits per heavy atom. The van der Waals surface area contributed by atoms with Crippen molar-refractivity contribution in [2.75, 3.05) is 6.54 Å². The third kappa shape index (κ3) is 2.20. The molecule has 0 saturated heterocycles. The van der Waals surface area contributed by atoms with E-state index in [4.69, 9.17) is 10.5 Å². The standard InChI is InChI=1S/C13H12FN3OS/c14-9-3-1-2-4-11(9)18-12-10(5-6-15)17-7-8-19-13(17)16-12/h1-4,7-8H,5-6,15H2. The van der Waals surface area contributed by atoms with Gasteiger partial charge in [0.15, 0.2) is 16.5 Å². The number of imidazole rings is 1. The molecule has 0 bridgehead atoms. The van der Waals surface area contributed by atoms with Crippen molar-refractivity contribution in [2.24, 2.45) is 5.73 Å². The Kier molecular flexibility index (Phi) is 3.18. The summed E-state index contributed by atoms with van der Waals surface area (Å²) < 4.78 is 21.1. The molecule has 0 amide bonds. The number of nitrogens with zero attached hydrogens (tertiary/aromatic N) is 2. The van der Waals surface area contributed by atoms with Crippen LogP contribution in [-0.4, -0.2) is 15.9 Å². The summed E-state index contributed by atoms with van der Waals surface area (Å²) in [6, 6.07) is 6.28. The smallest absolute Gasteiger partial charge is 0.242 e. The Hall–Kier alpha value is -1.92. The first kappa shape index (κ1) is 12.1. The number of aromatic nitrogens is 2. The van der Waals surface area contributed by atoms with Gasteiger partial charge < -0.3 is 10.5 Å². The predicted octanol–water partition coefficient (Wildman–Crippen LogP) is 2.83. The summed E-state index contributed by atoms with van der Waals surface area (Å²) >= 11 is 1.50. The van der Waals surface area contributed by atoms with E-state index in [9.17, 15) is 4.39 Å². The number of hydrogen-bond acceptors (Lipinski definition) is 4. The van der Waals surface area contributed by atoms with Gasteiger partial charge in [0.05, 0.1) is 5.69 Å². The maximum atomic E-state index is 13.6. The van der Waals surface area contributed by atoms with Crippen LogP contribution >= 0.6 is 11.3 Å². The van der Waals surface area contributed by atoms with Crippen LogP contribution in [0.25, 0.3) is 4.96 Å². The van der Waals surface area contributed by atoms with Crippen LogP contribution in [0.2, 0.25) is 0 Å². The topological polar surface area (TPSA) is 52.5 Å². The summed E-state index contributed by atoms with van der Waals surface area (Å²) in [6.45, 7) is 0.483. The second kappa shape index (κ2) is 4.99. The zero-order valence-electron chi connectivity index (χ0n) is 10.0. The highest BCUT2D eigenvalue weighted by molar-refractivity contribution is 7.15. The van der Waals surface area contributed by atoms with Crippen molar-refractivity contribution in [3.8, 4) is 11.6 Å². The van der Waals surface area contributed by atoms with Crippen molar-refractivity contribution < 1.29 is 9.13 Å². The van der Waals surface area contributed by atoms with Crippen LogP contribution in [0.3, 0.4) is 0 Å². The lowest BCUT2D eigenvalue weighted by molar-refractivity contribution is 0.425. The molecule has 0 saturated carbocycles. The lowest BCUT2D eigenvalue weighted by Crippen LogP contribution is -2.05. The fourth-order valence-corrected chi connectivity index (χ4v) is 2.61. The van der Waals surface area contributed by atoms with Crippen molar-refractivity contribution in [3.63, 3.8) is 0 Å². The maximum absolute atomic E-state index is 13.6. The van der Waals surface area contributed by atoms with Crippen LogP contribution in [0.1, 0.15) is 5.69 Å². The molecule has 2 aromatic heterocycles. The first-order chi connectivity index (χ1) is 9.29. The number of benzene rings is 1. The predicted molar refractivity (Wildman–Crippen MR) is 72.3 cm³/mol. The molecule has 2 N–H and O–H groups in total. The SMILES string of the molecule is NCCc1c(Oc2ccccc2F)nc2sccn12. The summed E-state index contributed by atoms with van der Waals surface area (Å²) in [5.41, 5.74) is 6.47. The molecule has 19 heavy (non-hydrogen) atoms. The number of rotatable bonds is 4. The number of thiazole rings is 1. The molecule has 3 rings (SSSR count). The van der Waals surface area contributed by atoms with Gasteiger partial charge >= 0.3 is 0 Å². The van der Waals surface area contributed by atoms with E-state index in [2.05, 4.69) is 4.98 Å². The molecule has 0 fully saturated rings. The number of fused-ring (bicyclic) bond motifs is 1. The number of nitrogens with two attached hydrogens (primary N) is 1. The van der Waals surface area contributed by atoms with Crippen molar-refractivity contribution >= 4 is 16.3 Å². The number of para-hydroxylation sites is 1. The molecule has 0 atom stereocenters. The van der Waals surface area contributed by atoms with Crippen LogP contribution in [0.15, 0.2) is 35.8 Å². The molecular weight excluding hydrogens is 265 g/mol. The van der Waals surface area contributed by atoms with Gasteiger partial charge in [-0.15, -0.1) is 11.3 Å². The average Bonchev–Trinajstić information content (AvgIpc) is 2.96. The molecule has 98 valence electrons. The van der Waals surface area contributed by atoms with Gasteiger partial charge in [0.25, 0.3) is 0 Å². The number of hydrogen-bond donors (Lipinski definition) is 1. The van der Waals surface area contributed by atoms with E-state index in [0.29, 0.717) is 18.8 Å². The minimum atomic E-state index is -0.405. The lowest BCUT2D eigenvalue weighted by atomic mass is 10.3. The molecule has 0 radical (unpaired) electrons. The normalized spacial score (nSPS) is 11.1. The summed E-state index contributed by atoms with van der Waals surface area (Å²) in [5, 5.41) is 1.94. The van der Waals surface area contributed by atoms with Gasteiger partial charge in [0.1, 0.15) is 0 Å². The molecule has 6 heteroatoms. The molecule has 2 heterocycles. The zero-order valence-corrected chi connectivity index (χ0v) is 10.9. The van der Waals surface area contributed by atoms with Crippen LogP contribution in [0.4, 0.5) is 4.39 Å². The fourth-order valence-electron chi connectivity index (χ4n) is 1.89. The summed E-state index contributed by atoms with van der Waals surface area (Å²) in [4.78, 5) is 5.18. The molecular formula is C13H12FN3OS. The largest absolute Gasteiger partial charge is 0.434 e. The van der Waals surface area contributed by atoms with E-state index in [1.165, 1.54) is 17.4 Å². The van der Waals surface area contributed by atoms with Gasteiger partial charge in [-0.1, -0.05) is 12.1 Å². The van der Waals surface area contributed by atoms with Crippen molar-refractivity contribution in [1.29, 1.82) is 0 Å². The molecule has 0 aliphatic heterocycles. The van der Waals surface area contributed by atoms with Crippen molar-refractivity contribution in [3.05, 3.63) is 47.4 Å². The van der Waals surface area contributed by atoms with Crippen molar-refractivity contribution in [1.82, 2.24) is 9.38 Å². The highest BCUT2D eigenvalue weighted by Gasteiger charge is 2.15. The Bertz CT molecular complexity index is 707. The highest BCUT2D eigenvalue weighted by Crippen LogP contribution is 2.29. The van der Waals surface area contributed by atoms with E-state index < -0.39 is 5.82 Å². The van der Waals surface area contributed by atoms with E-state index >= 15 is 0 Å². The summed E-state index contributed by atoms with van der Waals surface area (Å²) in [5.74, 6) is 0.187. The minimum absolute atomic E-state index is 0.173. The molecule has 0 unspecified atom stereocenters. The van der Waals surface area contributed by atoms with Crippen LogP contribution in [0, 0.1) is 5.82 Å². The Labute approximate surface area is 113 Å². The van der Waals surface area contributed by atoms with E-state index in [1.54, 1.807) is 18.2 Å². The van der Waals surface area contributed by atoms with Crippen LogP contribution in [-0.2, 0) is 6.42 Å². The maximum Gasteiger partial charge on any atom is 0.242 e. The Balaban J connectivity index is 2.02. The quantitative estimate of drug-likeness (QED) is 0.797. The van der Waals surface area contributed by atoms with E-state index in [-0.39, 0.29) is 5.75 Å². The number of ether oxygens (including phenoxy) is 1. The molecule has 3 aromatic rings. The summed E-state index contributed by atoms with van der Waals surface area (Å²) in [6.07, 6.45) is 2.54. The second-order valence-corrected chi connectivity index (χ2v) is 4.86. The molecule has 0 aliphatic carbocycles. The van der Waals surface area contributed by atoms with E-state index in [0.717, 1.165) is 10.7 Å². The lowest BCUT2D eigenvalue weighted by Gasteiger charge is -2.06. The average molecular weight is 277 g/mol. The zero-order chi connectivity index (χ0) is 13.2. The first-order valence-electron chi connectivity index (χ1n) is 5.86. The van der Waals surface area contributed by atoms with E-state index in [1.807, 2.05) is 16.0 Å². The Morgan fingerprint density at radius 1 is 1.37 bits per heavy atom. The van der Waals surface area contributed by atoms with Crippen LogP contribution in [0.5, 0.6) is 11.6 Å². The van der Waals surface area contributed by atoms with Gasteiger partial charge in [-0.2, -0.15) is 4.98 Å². The molecule has 4 nitrogen and oxygen atoms in total. The van der Waals surface area contributed by atoms with Crippen LogP contribution < -0.4 is 10.5 Å². The van der Waals surface area contributed by atoms with Gasteiger partial charge in [0.2, 0.25) is 5.88 Å². The first-order valence-corrected chi connectivity index (χ1v) is 6.74. The Morgan fingerprint density at radius 2 is 2.21 bits per heavy atom. The van der Waals surface area contributed by atoms with Gasteiger partial charge in [0, 0.05) is 18.0 Å². The fraction of sp³-hybridized carbons (Fsp3) is 0.154. The van der Waals surface area contributed by atoms with Gasteiger partial charge in [-0.05, 0) is 18.7 Å². The second-order valence-electron chi connectivity index (χ2n) is 3.99. The summed E-state index contributed by atoms with van der Waals surface area (Å²) in [7, 11) is 0. The van der Waals surface area contributed by atoms with Gasteiger partial charge in [-0.3, -0.25) is 4.40 Å². The highest BCUT2D eigenvalue weighted by atomic mass is 32.1. The third-order valence-corrected chi connectivity index (χ3v) is 3.51. The molecule has 0 aliphatic rings. The minimum Gasteiger partial charge on any atom is -0.434 e. The number of halogens is 1. The van der Waals surface area contributed by atoms with Gasteiger partial charge in [-0.25, -0.2) is 4.39 Å². The van der Waals surface area contributed by atoms with Crippen molar-refractivity contribution in [2.45, 2.75) is 6.42 Å². The molecule has 0 spiro atoms. The monoisotopic (exact) mass is 277 g/mol.